The average Bonchev–Trinajstić information content (AvgIpc) is 3.57. The van der Waals surface area contributed by atoms with Crippen molar-refractivity contribution in [3.05, 3.63) is 127 Å². The molecule has 5 heteroatoms. The highest BCUT2D eigenvalue weighted by Gasteiger charge is 2.30. The first-order valence-electron chi connectivity index (χ1n) is 15.0. The molecule has 9 rings (SSSR count). The van der Waals surface area contributed by atoms with Gasteiger partial charge in [0.2, 0.25) is 5.79 Å². The fourth-order valence-corrected chi connectivity index (χ4v) is 6.80. The van der Waals surface area contributed by atoms with Crippen LogP contribution in [0, 0.1) is 11.3 Å². The van der Waals surface area contributed by atoms with Gasteiger partial charge in [0.1, 0.15) is 22.7 Å². The fourth-order valence-electron chi connectivity index (χ4n) is 6.80. The standard InChI is InChI=1S/C40H26N2O3/c1-40(2)44-37-18-15-25(27-10-7-11-30-29-9-4-6-13-36(29)43-39(27)30)21-32(37)33-22-26(16-19-38(33)45-40)42-34-12-5-3-8-28(34)31-20-24(23-41)14-17-35(31)42/h3-22H,1-2H3. The summed E-state index contributed by atoms with van der Waals surface area (Å²) in [6, 6.07) is 43.5. The average molecular weight is 583 g/mol. The SMILES string of the molecule is CC1(C)Oc2ccc(-c3cccc4c3oc3ccccc34)cc2-c2cc(-n3c4ccccc4c4cc(C#N)ccc43)ccc2O1. The second-order valence-electron chi connectivity index (χ2n) is 12.0. The van der Waals surface area contributed by atoms with E-state index in [0.29, 0.717) is 5.56 Å². The molecule has 0 aliphatic carbocycles. The Morgan fingerprint density at radius 1 is 0.600 bits per heavy atom. The van der Waals surface area contributed by atoms with Gasteiger partial charge in [-0.25, -0.2) is 0 Å². The third-order valence-electron chi connectivity index (χ3n) is 8.72. The summed E-state index contributed by atoms with van der Waals surface area (Å²) in [7, 11) is 0. The molecule has 5 nitrogen and oxygen atoms in total. The quantitative estimate of drug-likeness (QED) is 0.203. The summed E-state index contributed by atoms with van der Waals surface area (Å²) in [6.45, 7) is 3.87. The van der Waals surface area contributed by atoms with Crippen molar-refractivity contribution in [1.29, 1.82) is 5.26 Å². The second-order valence-corrected chi connectivity index (χ2v) is 12.0. The van der Waals surface area contributed by atoms with Crippen LogP contribution in [0.25, 0.3) is 71.7 Å². The number of hydrogen-bond acceptors (Lipinski definition) is 4. The first kappa shape index (κ1) is 25.5. The highest BCUT2D eigenvalue weighted by molar-refractivity contribution is 6.11. The Balaban J connectivity index is 1.28. The van der Waals surface area contributed by atoms with Crippen LogP contribution >= 0.6 is 0 Å². The van der Waals surface area contributed by atoms with E-state index < -0.39 is 5.79 Å². The van der Waals surface area contributed by atoms with Gasteiger partial charge in [-0.1, -0.05) is 60.7 Å². The largest absolute Gasteiger partial charge is 0.455 e. The number of benzene rings is 6. The first-order valence-corrected chi connectivity index (χ1v) is 15.0. The van der Waals surface area contributed by atoms with Crippen LogP contribution in [0.15, 0.2) is 126 Å². The van der Waals surface area contributed by atoms with Gasteiger partial charge in [-0.05, 0) is 66.2 Å². The minimum Gasteiger partial charge on any atom is -0.455 e. The molecule has 0 saturated heterocycles. The maximum absolute atomic E-state index is 9.60. The predicted octanol–water partition coefficient (Wildman–Crippen LogP) is 10.4. The Labute approximate surface area is 259 Å². The molecule has 0 spiro atoms. The molecule has 0 bridgehead atoms. The third kappa shape index (κ3) is 3.86. The lowest BCUT2D eigenvalue weighted by Gasteiger charge is -2.25. The highest BCUT2D eigenvalue weighted by atomic mass is 16.7. The summed E-state index contributed by atoms with van der Waals surface area (Å²) in [5.74, 6) is 0.619. The van der Waals surface area contributed by atoms with Crippen molar-refractivity contribution >= 4 is 43.7 Å². The van der Waals surface area contributed by atoms with E-state index in [4.69, 9.17) is 13.9 Å². The van der Waals surface area contributed by atoms with Crippen molar-refractivity contribution in [3.63, 3.8) is 0 Å². The first-order chi connectivity index (χ1) is 22.0. The molecule has 0 atom stereocenters. The van der Waals surface area contributed by atoms with Crippen molar-refractivity contribution in [2.45, 2.75) is 19.6 Å². The van der Waals surface area contributed by atoms with Gasteiger partial charge in [-0.2, -0.15) is 5.26 Å². The molecule has 3 heterocycles. The smallest absolute Gasteiger partial charge is 0.245 e. The number of fused-ring (bicyclic) bond motifs is 9. The Hall–Kier alpha value is -5.99. The van der Waals surface area contributed by atoms with Crippen LogP contribution in [0.5, 0.6) is 11.5 Å². The van der Waals surface area contributed by atoms with Crippen LogP contribution in [-0.4, -0.2) is 10.4 Å². The van der Waals surface area contributed by atoms with Gasteiger partial charge < -0.3 is 18.5 Å². The van der Waals surface area contributed by atoms with E-state index >= 15 is 0 Å². The van der Waals surface area contributed by atoms with Crippen LogP contribution in [0.2, 0.25) is 0 Å². The fraction of sp³-hybridized carbons (Fsp3) is 0.0750. The summed E-state index contributed by atoms with van der Waals surface area (Å²) in [5, 5.41) is 13.9. The van der Waals surface area contributed by atoms with Crippen molar-refractivity contribution in [2.24, 2.45) is 0 Å². The lowest BCUT2D eigenvalue weighted by atomic mass is 9.96. The van der Waals surface area contributed by atoms with Crippen molar-refractivity contribution in [3.8, 4) is 45.5 Å². The molecule has 45 heavy (non-hydrogen) atoms. The molecular formula is C40H26N2O3. The van der Waals surface area contributed by atoms with E-state index in [0.717, 1.165) is 83.2 Å². The van der Waals surface area contributed by atoms with Crippen LogP contribution in [0.1, 0.15) is 19.4 Å². The molecular weight excluding hydrogens is 556 g/mol. The van der Waals surface area contributed by atoms with Crippen LogP contribution in [0.4, 0.5) is 0 Å². The van der Waals surface area contributed by atoms with Gasteiger partial charge in [0.05, 0.1) is 22.7 Å². The van der Waals surface area contributed by atoms with E-state index in [1.54, 1.807) is 0 Å². The number of furan rings is 1. The molecule has 0 saturated carbocycles. The van der Waals surface area contributed by atoms with Crippen LogP contribution < -0.4 is 9.47 Å². The molecule has 8 aromatic rings. The maximum Gasteiger partial charge on any atom is 0.245 e. The molecule has 0 N–H and O–H groups in total. The van der Waals surface area contributed by atoms with Crippen molar-refractivity contribution < 1.29 is 13.9 Å². The zero-order valence-electron chi connectivity index (χ0n) is 24.7. The van der Waals surface area contributed by atoms with Gasteiger partial charge in [-0.3, -0.25) is 0 Å². The summed E-state index contributed by atoms with van der Waals surface area (Å²) >= 11 is 0. The van der Waals surface area contributed by atoms with Gasteiger partial charge in [0.15, 0.2) is 0 Å². The molecule has 0 radical (unpaired) electrons. The lowest BCUT2D eigenvalue weighted by Crippen LogP contribution is -2.34. The number of para-hydroxylation sites is 3. The van der Waals surface area contributed by atoms with Crippen molar-refractivity contribution in [1.82, 2.24) is 4.57 Å². The number of rotatable bonds is 2. The summed E-state index contributed by atoms with van der Waals surface area (Å²) < 4.78 is 21.6. The minimum absolute atomic E-state index is 0.640. The molecule has 0 fully saturated rings. The van der Waals surface area contributed by atoms with E-state index in [1.165, 1.54) is 0 Å². The van der Waals surface area contributed by atoms with Gasteiger partial charge in [0.25, 0.3) is 0 Å². The number of ether oxygens (including phenoxy) is 2. The Morgan fingerprint density at radius 2 is 1.31 bits per heavy atom. The molecule has 1 aliphatic heterocycles. The molecule has 214 valence electrons. The Kier molecular flexibility index (Phi) is 5.24. The Morgan fingerprint density at radius 3 is 2.16 bits per heavy atom. The Bertz CT molecular complexity index is 2540. The van der Waals surface area contributed by atoms with E-state index in [-0.39, 0.29) is 0 Å². The normalized spacial score (nSPS) is 13.6. The second kappa shape index (κ2) is 9.25. The van der Waals surface area contributed by atoms with Crippen LogP contribution in [0.3, 0.4) is 0 Å². The molecule has 2 aromatic heterocycles. The van der Waals surface area contributed by atoms with Gasteiger partial charge in [0, 0.05) is 57.8 Å². The number of nitrogens with zero attached hydrogens (tertiary/aromatic N) is 2. The van der Waals surface area contributed by atoms with Gasteiger partial charge >= 0.3 is 0 Å². The third-order valence-corrected chi connectivity index (χ3v) is 8.72. The summed E-state index contributed by atoms with van der Waals surface area (Å²) in [6.07, 6.45) is 0. The van der Waals surface area contributed by atoms with Crippen LogP contribution in [-0.2, 0) is 0 Å². The highest BCUT2D eigenvalue weighted by Crippen LogP contribution is 2.46. The molecule has 6 aromatic carbocycles. The van der Waals surface area contributed by atoms with E-state index in [1.807, 2.05) is 74.5 Å². The minimum atomic E-state index is -0.873. The zero-order chi connectivity index (χ0) is 30.3. The summed E-state index contributed by atoms with van der Waals surface area (Å²) in [4.78, 5) is 0. The number of hydrogen-bond donors (Lipinski definition) is 0. The molecule has 0 unspecified atom stereocenters. The summed E-state index contributed by atoms with van der Waals surface area (Å²) in [5.41, 5.74) is 9.39. The maximum atomic E-state index is 9.60. The lowest BCUT2D eigenvalue weighted by molar-refractivity contribution is -0.0778. The van der Waals surface area contributed by atoms with Crippen molar-refractivity contribution in [2.75, 3.05) is 0 Å². The monoisotopic (exact) mass is 582 g/mol. The topological polar surface area (TPSA) is 60.3 Å². The zero-order valence-corrected chi connectivity index (χ0v) is 24.7. The molecule has 0 amide bonds. The molecule has 1 aliphatic rings. The number of aromatic nitrogens is 1. The number of nitriles is 1. The van der Waals surface area contributed by atoms with E-state index in [2.05, 4.69) is 71.3 Å². The predicted molar refractivity (Wildman–Crippen MR) is 179 cm³/mol. The van der Waals surface area contributed by atoms with E-state index in [9.17, 15) is 5.26 Å². The van der Waals surface area contributed by atoms with Gasteiger partial charge in [-0.15, -0.1) is 0 Å².